The lowest BCUT2D eigenvalue weighted by Gasteiger charge is -2.34. The molecule has 0 bridgehead atoms. The molecule has 1 aromatic heterocycles. The third-order valence-electron chi connectivity index (χ3n) is 3.96. The van der Waals surface area contributed by atoms with Gasteiger partial charge in [0.1, 0.15) is 5.76 Å². The molecule has 20 heavy (non-hydrogen) atoms. The lowest BCUT2D eigenvalue weighted by molar-refractivity contribution is -0.00559. The fourth-order valence-corrected chi connectivity index (χ4v) is 2.97. The molecule has 0 radical (unpaired) electrons. The molecule has 0 atom stereocenters. The molecule has 112 valence electrons. The van der Waals surface area contributed by atoms with E-state index in [1.165, 1.54) is 0 Å². The van der Waals surface area contributed by atoms with Gasteiger partial charge in [0, 0.05) is 6.54 Å². The van der Waals surface area contributed by atoms with Crippen LogP contribution in [-0.4, -0.2) is 29.4 Å². The highest BCUT2D eigenvalue weighted by atomic mass is 32.2. The Morgan fingerprint density at radius 3 is 2.85 bits per heavy atom. The van der Waals surface area contributed by atoms with Gasteiger partial charge >= 0.3 is 0 Å². The summed E-state index contributed by atoms with van der Waals surface area (Å²) >= 11 is 1.65. The maximum atomic E-state index is 12.0. The van der Waals surface area contributed by atoms with Gasteiger partial charge < -0.3 is 14.8 Å². The van der Waals surface area contributed by atoms with Crippen molar-refractivity contribution in [3.05, 3.63) is 23.7 Å². The summed E-state index contributed by atoms with van der Waals surface area (Å²) in [6.07, 6.45) is 5.53. The molecule has 4 nitrogen and oxygen atoms in total. The number of aliphatic hydroxyl groups is 1. The third kappa shape index (κ3) is 4.03. The highest BCUT2D eigenvalue weighted by Crippen LogP contribution is 2.31. The first-order chi connectivity index (χ1) is 9.52. The Bertz CT molecular complexity index is 450. The monoisotopic (exact) mass is 297 g/mol. The van der Waals surface area contributed by atoms with E-state index in [-0.39, 0.29) is 5.91 Å². The normalized spacial score (nSPS) is 26.4. The van der Waals surface area contributed by atoms with Crippen LogP contribution in [0.15, 0.2) is 16.5 Å². The first kappa shape index (κ1) is 15.4. The van der Waals surface area contributed by atoms with Crippen molar-refractivity contribution in [3.63, 3.8) is 0 Å². The van der Waals surface area contributed by atoms with Gasteiger partial charge in [0.2, 0.25) is 0 Å². The molecule has 0 aromatic carbocycles. The van der Waals surface area contributed by atoms with Crippen LogP contribution in [0.2, 0.25) is 0 Å². The minimum Gasteiger partial charge on any atom is -0.455 e. The molecule has 1 amide bonds. The van der Waals surface area contributed by atoms with Crippen LogP contribution in [0.1, 0.15) is 48.9 Å². The fraction of sp³-hybridized carbons (Fsp3) is 0.667. The zero-order valence-corrected chi connectivity index (χ0v) is 13.0. The number of carbonyl (C=O) groups is 1. The van der Waals surface area contributed by atoms with Crippen molar-refractivity contribution in [2.24, 2.45) is 5.92 Å². The van der Waals surface area contributed by atoms with Crippen LogP contribution in [0.5, 0.6) is 0 Å². The zero-order valence-electron chi connectivity index (χ0n) is 12.1. The van der Waals surface area contributed by atoms with E-state index in [9.17, 15) is 9.90 Å². The minimum atomic E-state index is -0.753. The van der Waals surface area contributed by atoms with Gasteiger partial charge in [-0.25, -0.2) is 0 Å². The summed E-state index contributed by atoms with van der Waals surface area (Å²) in [6, 6.07) is 3.51. The summed E-state index contributed by atoms with van der Waals surface area (Å²) < 4.78 is 5.46. The molecule has 1 saturated carbocycles. The maximum absolute atomic E-state index is 12.0. The van der Waals surface area contributed by atoms with Gasteiger partial charge in [-0.1, -0.05) is 6.92 Å². The van der Waals surface area contributed by atoms with E-state index in [0.29, 0.717) is 18.2 Å². The Hall–Kier alpha value is -0.940. The second kappa shape index (κ2) is 6.68. The van der Waals surface area contributed by atoms with E-state index in [0.717, 1.165) is 37.2 Å². The minimum absolute atomic E-state index is 0.246. The van der Waals surface area contributed by atoms with Crippen molar-refractivity contribution >= 4 is 17.7 Å². The van der Waals surface area contributed by atoms with Gasteiger partial charge in [0.25, 0.3) is 5.91 Å². The van der Waals surface area contributed by atoms with Crippen LogP contribution < -0.4 is 5.32 Å². The van der Waals surface area contributed by atoms with Gasteiger partial charge in [-0.2, -0.15) is 11.8 Å². The van der Waals surface area contributed by atoms with Crippen LogP contribution in [0, 0.1) is 5.92 Å². The molecule has 1 heterocycles. The SMILES string of the molecule is CSCc1ccc(C(=O)NCC2(O)CCC(C)CC2)o1. The molecule has 1 aliphatic rings. The van der Waals surface area contributed by atoms with Crippen molar-refractivity contribution < 1.29 is 14.3 Å². The van der Waals surface area contributed by atoms with Crippen LogP contribution in [-0.2, 0) is 5.75 Å². The predicted octanol–water partition coefficient (Wildman–Crippen LogP) is 2.81. The molecule has 0 saturated heterocycles. The number of hydrogen-bond acceptors (Lipinski definition) is 4. The lowest BCUT2D eigenvalue weighted by Crippen LogP contribution is -2.45. The first-order valence-electron chi connectivity index (χ1n) is 7.11. The average Bonchev–Trinajstić information content (AvgIpc) is 2.89. The largest absolute Gasteiger partial charge is 0.455 e. The lowest BCUT2D eigenvalue weighted by atomic mass is 9.79. The molecule has 1 fully saturated rings. The molecule has 0 spiro atoms. The molecular weight excluding hydrogens is 274 g/mol. The Morgan fingerprint density at radius 2 is 2.20 bits per heavy atom. The summed E-state index contributed by atoms with van der Waals surface area (Å²) in [5.74, 6) is 2.30. The number of hydrogen-bond donors (Lipinski definition) is 2. The van der Waals surface area contributed by atoms with Crippen molar-refractivity contribution in [2.45, 2.75) is 44.0 Å². The smallest absolute Gasteiger partial charge is 0.287 e. The van der Waals surface area contributed by atoms with Crippen molar-refractivity contribution in [1.82, 2.24) is 5.32 Å². The number of thioether (sulfide) groups is 1. The quantitative estimate of drug-likeness (QED) is 0.877. The van der Waals surface area contributed by atoms with Crippen LogP contribution in [0.25, 0.3) is 0 Å². The molecule has 1 aromatic rings. The second-order valence-electron chi connectivity index (χ2n) is 5.79. The molecule has 2 rings (SSSR count). The summed E-state index contributed by atoms with van der Waals surface area (Å²) in [7, 11) is 0. The van der Waals surface area contributed by atoms with E-state index < -0.39 is 5.60 Å². The standard InChI is InChI=1S/C15H23NO3S/c1-11-5-7-15(18,8-6-11)10-16-14(17)13-4-3-12(19-13)9-20-2/h3-4,11,18H,5-10H2,1-2H3,(H,16,17). The third-order valence-corrected chi connectivity index (χ3v) is 4.53. The van der Waals surface area contributed by atoms with Crippen LogP contribution in [0.4, 0.5) is 0 Å². The van der Waals surface area contributed by atoms with Crippen LogP contribution in [0.3, 0.4) is 0 Å². The first-order valence-corrected chi connectivity index (χ1v) is 8.50. The van der Waals surface area contributed by atoms with Crippen molar-refractivity contribution in [3.8, 4) is 0 Å². The van der Waals surface area contributed by atoms with Crippen LogP contribution >= 0.6 is 11.8 Å². The van der Waals surface area contributed by atoms with Gasteiger partial charge in [0.05, 0.1) is 11.4 Å². The molecule has 0 aliphatic heterocycles. The van der Waals surface area contributed by atoms with Gasteiger partial charge in [0.15, 0.2) is 5.76 Å². The van der Waals surface area contributed by atoms with E-state index in [1.54, 1.807) is 17.8 Å². The van der Waals surface area contributed by atoms with E-state index in [4.69, 9.17) is 4.42 Å². The topological polar surface area (TPSA) is 62.5 Å². The molecule has 2 N–H and O–H groups in total. The number of carbonyl (C=O) groups excluding carboxylic acids is 1. The molecule has 1 aliphatic carbocycles. The second-order valence-corrected chi connectivity index (χ2v) is 6.65. The zero-order chi connectivity index (χ0) is 14.6. The van der Waals surface area contributed by atoms with Gasteiger partial charge in [-0.05, 0) is 50.0 Å². The Balaban J connectivity index is 1.85. The molecule has 5 heteroatoms. The summed E-state index contributed by atoms with van der Waals surface area (Å²) in [5, 5.41) is 13.2. The predicted molar refractivity (Wildman–Crippen MR) is 80.8 cm³/mol. The van der Waals surface area contributed by atoms with E-state index >= 15 is 0 Å². The van der Waals surface area contributed by atoms with Crippen molar-refractivity contribution in [2.75, 3.05) is 12.8 Å². The number of rotatable bonds is 5. The Kier molecular flexibility index (Phi) is 5.16. The average molecular weight is 297 g/mol. The summed E-state index contributed by atoms with van der Waals surface area (Å²) in [4.78, 5) is 12.0. The molecular formula is C15H23NO3S. The summed E-state index contributed by atoms with van der Waals surface area (Å²) in [6.45, 7) is 2.51. The van der Waals surface area contributed by atoms with Gasteiger partial charge in [-0.3, -0.25) is 4.79 Å². The maximum Gasteiger partial charge on any atom is 0.287 e. The van der Waals surface area contributed by atoms with Crippen molar-refractivity contribution in [1.29, 1.82) is 0 Å². The fourth-order valence-electron chi connectivity index (χ4n) is 2.53. The van der Waals surface area contributed by atoms with E-state index in [1.807, 2.05) is 12.3 Å². The number of nitrogens with one attached hydrogen (secondary N) is 1. The number of amides is 1. The van der Waals surface area contributed by atoms with Gasteiger partial charge in [-0.15, -0.1) is 0 Å². The Morgan fingerprint density at radius 1 is 1.50 bits per heavy atom. The summed E-state index contributed by atoms with van der Waals surface area (Å²) in [5.41, 5.74) is -0.753. The number of furan rings is 1. The molecule has 0 unspecified atom stereocenters. The van der Waals surface area contributed by atoms with E-state index in [2.05, 4.69) is 12.2 Å². The highest BCUT2D eigenvalue weighted by molar-refractivity contribution is 7.97. The highest BCUT2D eigenvalue weighted by Gasteiger charge is 2.32. The Labute approximate surface area is 124 Å².